The number of aromatic nitrogens is 1. The van der Waals surface area contributed by atoms with E-state index in [0.29, 0.717) is 0 Å². The number of nitrogens with zero attached hydrogens (tertiary/aromatic N) is 1. The van der Waals surface area contributed by atoms with E-state index < -0.39 is 0 Å². The summed E-state index contributed by atoms with van der Waals surface area (Å²) in [7, 11) is 0. The van der Waals surface area contributed by atoms with Crippen LogP contribution in [-0.4, -0.2) is 11.5 Å². The van der Waals surface area contributed by atoms with Crippen LogP contribution < -0.4 is 5.32 Å². The minimum atomic E-state index is 0.944. The van der Waals surface area contributed by atoms with Crippen molar-refractivity contribution in [3.63, 3.8) is 0 Å². The van der Waals surface area contributed by atoms with Gasteiger partial charge in [0.2, 0.25) is 0 Å². The Balaban J connectivity index is 1.57. The number of nitrogens with one attached hydrogen (secondary N) is 1. The molecule has 2 aromatic carbocycles. The molecule has 0 unspecified atom stereocenters. The van der Waals surface area contributed by atoms with Crippen molar-refractivity contribution in [3.8, 4) is 11.3 Å². The summed E-state index contributed by atoms with van der Waals surface area (Å²) in [4.78, 5) is 4.51. The van der Waals surface area contributed by atoms with Crippen LogP contribution in [0.1, 0.15) is 10.6 Å². The predicted molar refractivity (Wildman–Crippen MR) is 90.9 cm³/mol. The molecule has 0 fully saturated rings. The molecule has 1 heterocycles. The van der Waals surface area contributed by atoms with Crippen LogP contribution in [0.4, 0.5) is 5.69 Å². The number of thiazole rings is 1. The quantitative estimate of drug-likeness (QED) is 0.733. The molecule has 3 rings (SSSR count). The highest BCUT2D eigenvalue weighted by atomic mass is 32.1. The Hall–Kier alpha value is -2.13. The molecule has 0 saturated heterocycles. The molecule has 1 aromatic heterocycles. The smallest absolute Gasteiger partial charge is 0.0901 e. The van der Waals surface area contributed by atoms with E-state index in [4.69, 9.17) is 0 Å². The number of benzene rings is 2. The standard InChI is InChI=1S/C18H18N2S/c1-14-20-18(13-21-14)16-7-9-17(10-8-16)19-12-11-15-5-3-2-4-6-15/h2-10,13,19H,11-12H2,1H3. The zero-order chi connectivity index (χ0) is 14.5. The molecule has 0 spiro atoms. The predicted octanol–water partition coefficient (Wildman–Crippen LogP) is 4.77. The summed E-state index contributed by atoms with van der Waals surface area (Å²) in [5, 5.41) is 6.67. The first-order chi connectivity index (χ1) is 10.3. The van der Waals surface area contributed by atoms with Gasteiger partial charge in [0.1, 0.15) is 0 Å². The summed E-state index contributed by atoms with van der Waals surface area (Å²) in [5.74, 6) is 0. The van der Waals surface area contributed by atoms with Gasteiger partial charge in [-0.05, 0) is 31.0 Å². The first-order valence-electron chi connectivity index (χ1n) is 7.11. The van der Waals surface area contributed by atoms with Gasteiger partial charge in [-0.1, -0.05) is 42.5 Å². The molecule has 0 aliphatic rings. The molecule has 3 aromatic rings. The molecule has 1 N–H and O–H groups in total. The lowest BCUT2D eigenvalue weighted by atomic mass is 10.1. The second-order valence-electron chi connectivity index (χ2n) is 4.99. The topological polar surface area (TPSA) is 24.9 Å². The Morgan fingerprint density at radius 3 is 2.43 bits per heavy atom. The molecule has 106 valence electrons. The van der Waals surface area contributed by atoms with Crippen LogP contribution in [-0.2, 0) is 6.42 Å². The van der Waals surface area contributed by atoms with E-state index in [1.807, 2.05) is 6.92 Å². The number of aryl methyl sites for hydroxylation is 1. The summed E-state index contributed by atoms with van der Waals surface area (Å²) >= 11 is 1.69. The third-order valence-corrected chi connectivity index (χ3v) is 4.16. The van der Waals surface area contributed by atoms with Gasteiger partial charge in [-0.15, -0.1) is 11.3 Å². The first-order valence-corrected chi connectivity index (χ1v) is 7.99. The molecule has 0 bridgehead atoms. The zero-order valence-corrected chi connectivity index (χ0v) is 12.9. The zero-order valence-electron chi connectivity index (χ0n) is 12.0. The van der Waals surface area contributed by atoms with Gasteiger partial charge in [0.25, 0.3) is 0 Å². The largest absolute Gasteiger partial charge is 0.385 e. The van der Waals surface area contributed by atoms with Gasteiger partial charge >= 0.3 is 0 Å². The van der Waals surface area contributed by atoms with Crippen LogP contribution in [0, 0.1) is 6.92 Å². The van der Waals surface area contributed by atoms with Crippen LogP contribution in [0.25, 0.3) is 11.3 Å². The molecule has 2 nitrogen and oxygen atoms in total. The monoisotopic (exact) mass is 294 g/mol. The molecule has 0 amide bonds. The molecule has 0 atom stereocenters. The first kappa shape index (κ1) is 13.8. The van der Waals surface area contributed by atoms with Gasteiger partial charge in [-0.2, -0.15) is 0 Å². The molecule has 3 heteroatoms. The second-order valence-corrected chi connectivity index (χ2v) is 6.05. The van der Waals surface area contributed by atoms with Crippen LogP contribution in [0.2, 0.25) is 0 Å². The normalized spacial score (nSPS) is 10.5. The van der Waals surface area contributed by atoms with Crippen molar-refractivity contribution in [3.05, 3.63) is 70.5 Å². The van der Waals surface area contributed by atoms with Crippen molar-refractivity contribution in [1.29, 1.82) is 0 Å². The average molecular weight is 294 g/mol. The third kappa shape index (κ3) is 3.70. The fraction of sp³-hybridized carbons (Fsp3) is 0.167. The minimum Gasteiger partial charge on any atom is -0.385 e. The minimum absolute atomic E-state index is 0.944. The van der Waals surface area contributed by atoms with Crippen molar-refractivity contribution in [2.75, 3.05) is 11.9 Å². The number of hydrogen-bond acceptors (Lipinski definition) is 3. The Bertz CT molecular complexity index is 687. The molecule has 0 radical (unpaired) electrons. The van der Waals surface area contributed by atoms with Crippen molar-refractivity contribution in [1.82, 2.24) is 4.98 Å². The summed E-state index contributed by atoms with van der Waals surface area (Å²) in [6.07, 6.45) is 1.04. The highest BCUT2D eigenvalue weighted by Gasteiger charge is 2.01. The van der Waals surface area contributed by atoms with Crippen molar-refractivity contribution >= 4 is 17.0 Å². The fourth-order valence-corrected chi connectivity index (χ4v) is 2.87. The lowest BCUT2D eigenvalue weighted by Gasteiger charge is -2.07. The molecular weight excluding hydrogens is 276 g/mol. The second kappa shape index (κ2) is 6.55. The van der Waals surface area contributed by atoms with Gasteiger partial charge in [-0.25, -0.2) is 4.98 Å². The van der Waals surface area contributed by atoms with Crippen molar-refractivity contribution in [2.45, 2.75) is 13.3 Å². The lowest BCUT2D eigenvalue weighted by Crippen LogP contribution is -2.04. The lowest BCUT2D eigenvalue weighted by molar-refractivity contribution is 1.02. The molecule has 0 aliphatic carbocycles. The summed E-state index contributed by atoms with van der Waals surface area (Å²) in [6.45, 7) is 2.98. The maximum absolute atomic E-state index is 4.51. The van der Waals surface area contributed by atoms with Gasteiger partial charge in [0.05, 0.1) is 10.7 Å². The van der Waals surface area contributed by atoms with E-state index in [9.17, 15) is 0 Å². The van der Waals surface area contributed by atoms with Crippen LogP contribution in [0.15, 0.2) is 60.0 Å². The van der Waals surface area contributed by atoms with Crippen LogP contribution >= 0.6 is 11.3 Å². The molecule has 0 aliphatic heterocycles. The Morgan fingerprint density at radius 2 is 1.76 bits per heavy atom. The van der Waals surface area contributed by atoms with Gasteiger partial charge in [0.15, 0.2) is 0 Å². The van der Waals surface area contributed by atoms with Gasteiger partial charge < -0.3 is 5.32 Å². The van der Waals surface area contributed by atoms with E-state index in [0.717, 1.165) is 29.4 Å². The summed E-state index contributed by atoms with van der Waals surface area (Å²) in [6, 6.07) is 19.0. The van der Waals surface area contributed by atoms with Crippen molar-refractivity contribution in [2.24, 2.45) is 0 Å². The molecular formula is C18H18N2S. The SMILES string of the molecule is Cc1nc(-c2ccc(NCCc3ccccc3)cc2)cs1. The van der Waals surface area contributed by atoms with E-state index in [1.54, 1.807) is 11.3 Å². The summed E-state index contributed by atoms with van der Waals surface area (Å²) < 4.78 is 0. The Labute approximate surface area is 129 Å². The number of rotatable bonds is 5. The Morgan fingerprint density at radius 1 is 1.00 bits per heavy atom. The van der Waals surface area contributed by atoms with E-state index in [1.165, 1.54) is 11.1 Å². The molecule has 21 heavy (non-hydrogen) atoms. The van der Waals surface area contributed by atoms with Gasteiger partial charge in [-0.3, -0.25) is 0 Å². The van der Waals surface area contributed by atoms with E-state index >= 15 is 0 Å². The van der Waals surface area contributed by atoms with E-state index in [-0.39, 0.29) is 0 Å². The Kier molecular flexibility index (Phi) is 4.31. The number of hydrogen-bond donors (Lipinski definition) is 1. The fourth-order valence-electron chi connectivity index (χ4n) is 2.25. The molecule has 0 saturated carbocycles. The third-order valence-electron chi connectivity index (χ3n) is 3.39. The highest BCUT2D eigenvalue weighted by Crippen LogP contribution is 2.23. The summed E-state index contributed by atoms with van der Waals surface area (Å²) in [5.41, 5.74) is 4.75. The van der Waals surface area contributed by atoms with Crippen LogP contribution in [0.5, 0.6) is 0 Å². The average Bonchev–Trinajstić information content (AvgIpc) is 2.96. The van der Waals surface area contributed by atoms with Crippen LogP contribution in [0.3, 0.4) is 0 Å². The maximum atomic E-state index is 4.51. The number of anilines is 1. The highest BCUT2D eigenvalue weighted by molar-refractivity contribution is 7.09. The maximum Gasteiger partial charge on any atom is 0.0901 e. The van der Waals surface area contributed by atoms with E-state index in [2.05, 4.69) is 70.3 Å². The van der Waals surface area contributed by atoms with Crippen molar-refractivity contribution < 1.29 is 0 Å². The van der Waals surface area contributed by atoms with Gasteiger partial charge in [0, 0.05) is 23.2 Å².